The van der Waals surface area contributed by atoms with Crippen molar-refractivity contribution in [1.82, 2.24) is 39.5 Å². The second kappa shape index (κ2) is 12.2. The number of anilines is 3. The van der Waals surface area contributed by atoms with E-state index in [1.165, 1.54) is 0 Å². The predicted octanol–water partition coefficient (Wildman–Crippen LogP) is -0.425. The molecule has 36 heavy (non-hydrogen) atoms. The molecule has 0 atom stereocenters. The Morgan fingerprint density at radius 2 is 1.39 bits per heavy atom. The van der Waals surface area contributed by atoms with Crippen molar-refractivity contribution >= 4 is 28.7 Å². The Morgan fingerprint density at radius 1 is 0.750 bits per heavy atom. The largest absolute Gasteiger partial charge is 0.379 e. The third-order valence-electron chi connectivity index (χ3n) is 7.34. The highest BCUT2D eigenvalue weighted by molar-refractivity contribution is 5.84. The Labute approximate surface area is 214 Å². The molecule has 5 heterocycles. The lowest BCUT2D eigenvalue weighted by Gasteiger charge is -2.32. The summed E-state index contributed by atoms with van der Waals surface area (Å²) in [4.78, 5) is 31.2. The van der Waals surface area contributed by atoms with Crippen LogP contribution in [0.2, 0.25) is 0 Å². The monoisotopic (exact) mass is 499 g/mol. The Hall–Kier alpha value is -2.38. The topological polar surface area (TPSA) is 101 Å². The number of hydrogen-bond donors (Lipinski definition) is 2. The third kappa shape index (κ3) is 6.68. The fourth-order valence-electron chi connectivity index (χ4n) is 4.82. The van der Waals surface area contributed by atoms with Gasteiger partial charge in [0.05, 0.1) is 19.4 Å². The molecule has 3 saturated heterocycles. The zero-order valence-corrected chi connectivity index (χ0v) is 21.8. The Morgan fingerprint density at radius 3 is 2.11 bits per heavy atom. The molecular weight excluding hydrogens is 458 g/mol. The molecule has 3 aliphatic rings. The van der Waals surface area contributed by atoms with Gasteiger partial charge in [-0.15, -0.1) is 0 Å². The molecule has 12 heteroatoms. The van der Waals surface area contributed by atoms with Gasteiger partial charge in [-0.3, -0.25) is 9.80 Å². The minimum atomic E-state index is 0.636. The molecule has 0 saturated carbocycles. The van der Waals surface area contributed by atoms with Crippen molar-refractivity contribution in [2.45, 2.75) is 0 Å². The van der Waals surface area contributed by atoms with E-state index >= 15 is 0 Å². The number of ether oxygens (including phenoxy) is 1. The van der Waals surface area contributed by atoms with Gasteiger partial charge < -0.3 is 30.1 Å². The van der Waals surface area contributed by atoms with Crippen molar-refractivity contribution in [2.24, 2.45) is 0 Å². The molecule has 0 spiro atoms. The number of nitrogens with zero attached hydrogens (tertiary/aromatic N) is 9. The standard InChI is InChI=1S/C24H41N11O/c1-31-7-11-33(12-8-31)5-3-25-20-19-27-21-22(26-4-6-34-15-17-36-18-16-34)29-24(30-23(21)28-20)35-13-9-32(2)10-14-35/h19H,3-18H2,1-2H3,(H2,25,26,28,29,30). The van der Waals surface area contributed by atoms with Gasteiger partial charge in [0.2, 0.25) is 5.95 Å². The van der Waals surface area contributed by atoms with Gasteiger partial charge in [0.1, 0.15) is 5.82 Å². The van der Waals surface area contributed by atoms with Crippen molar-refractivity contribution in [3.63, 3.8) is 0 Å². The SMILES string of the molecule is CN1CCN(CCNc2cnc3c(NCCN4CCOCC4)nc(N4CCN(C)CC4)nc3n2)CC1. The van der Waals surface area contributed by atoms with Crippen LogP contribution in [0.3, 0.4) is 0 Å². The molecule has 0 radical (unpaired) electrons. The summed E-state index contributed by atoms with van der Waals surface area (Å²) in [6.07, 6.45) is 1.80. The van der Waals surface area contributed by atoms with Gasteiger partial charge in [-0.25, -0.2) is 9.97 Å². The zero-order chi connectivity index (χ0) is 24.7. The van der Waals surface area contributed by atoms with Gasteiger partial charge in [-0.2, -0.15) is 9.97 Å². The number of fused-ring (bicyclic) bond motifs is 1. The van der Waals surface area contributed by atoms with Gasteiger partial charge in [0.15, 0.2) is 17.0 Å². The first-order valence-corrected chi connectivity index (χ1v) is 13.3. The quantitative estimate of drug-likeness (QED) is 0.468. The summed E-state index contributed by atoms with van der Waals surface area (Å²) >= 11 is 0. The Kier molecular flexibility index (Phi) is 8.59. The zero-order valence-electron chi connectivity index (χ0n) is 21.8. The van der Waals surface area contributed by atoms with Crippen LogP contribution < -0.4 is 15.5 Å². The van der Waals surface area contributed by atoms with Crippen LogP contribution >= 0.6 is 0 Å². The van der Waals surface area contributed by atoms with Crippen molar-refractivity contribution in [1.29, 1.82) is 0 Å². The van der Waals surface area contributed by atoms with E-state index in [1.807, 2.05) is 0 Å². The average Bonchev–Trinajstić information content (AvgIpc) is 2.90. The number of aromatic nitrogens is 4. The maximum atomic E-state index is 5.47. The minimum absolute atomic E-state index is 0.636. The van der Waals surface area contributed by atoms with E-state index in [1.54, 1.807) is 6.20 Å². The smallest absolute Gasteiger partial charge is 0.229 e. The fraction of sp³-hybridized carbons (Fsp3) is 0.750. The van der Waals surface area contributed by atoms with Crippen molar-refractivity contribution in [3.05, 3.63) is 6.20 Å². The number of morpholine rings is 1. The van der Waals surface area contributed by atoms with Crippen molar-refractivity contribution < 1.29 is 4.74 Å². The molecule has 0 aliphatic carbocycles. The summed E-state index contributed by atoms with van der Waals surface area (Å²) in [5.74, 6) is 2.26. The summed E-state index contributed by atoms with van der Waals surface area (Å²) in [7, 11) is 4.34. The van der Waals surface area contributed by atoms with Crippen LogP contribution in [0.5, 0.6) is 0 Å². The molecule has 3 aliphatic heterocycles. The highest BCUT2D eigenvalue weighted by Gasteiger charge is 2.20. The van der Waals surface area contributed by atoms with Crippen LogP contribution in [-0.2, 0) is 4.74 Å². The Bertz CT molecular complexity index is 970. The molecule has 3 fully saturated rings. The minimum Gasteiger partial charge on any atom is -0.379 e. The first-order valence-electron chi connectivity index (χ1n) is 13.3. The maximum absolute atomic E-state index is 5.47. The molecule has 198 valence electrons. The number of piperazine rings is 2. The lowest BCUT2D eigenvalue weighted by atomic mass is 10.3. The summed E-state index contributed by atoms with van der Waals surface area (Å²) in [5, 5.41) is 6.99. The molecule has 2 N–H and O–H groups in total. The molecule has 2 aromatic heterocycles. The predicted molar refractivity (Wildman–Crippen MR) is 143 cm³/mol. The molecule has 0 aromatic carbocycles. The van der Waals surface area contributed by atoms with E-state index in [-0.39, 0.29) is 0 Å². The van der Waals surface area contributed by atoms with E-state index in [0.717, 1.165) is 128 Å². The van der Waals surface area contributed by atoms with Crippen LogP contribution in [0.4, 0.5) is 17.6 Å². The summed E-state index contributed by atoms with van der Waals surface area (Å²) in [5.41, 5.74) is 1.36. The van der Waals surface area contributed by atoms with Crippen LogP contribution in [0, 0.1) is 0 Å². The van der Waals surface area contributed by atoms with Gasteiger partial charge in [-0.1, -0.05) is 0 Å². The maximum Gasteiger partial charge on any atom is 0.229 e. The van der Waals surface area contributed by atoms with Gasteiger partial charge in [0.25, 0.3) is 0 Å². The van der Waals surface area contributed by atoms with Gasteiger partial charge in [0, 0.05) is 91.6 Å². The van der Waals surface area contributed by atoms with E-state index in [0.29, 0.717) is 5.65 Å². The number of rotatable bonds is 9. The van der Waals surface area contributed by atoms with Crippen molar-refractivity contribution in [3.8, 4) is 0 Å². The fourth-order valence-corrected chi connectivity index (χ4v) is 4.82. The lowest BCUT2D eigenvalue weighted by molar-refractivity contribution is 0.0398. The number of hydrogen-bond acceptors (Lipinski definition) is 12. The molecule has 0 amide bonds. The molecule has 12 nitrogen and oxygen atoms in total. The number of likely N-dealkylation sites (N-methyl/N-ethyl adjacent to an activating group) is 2. The normalized spacial score (nSPS) is 21.2. The van der Waals surface area contributed by atoms with Crippen LogP contribution in [0.25, 0.3) is 11.2 Å². The Balaban J connectivity index is 1.27. The highest BCUT2D eigenvalue weighted by atomic mass is 16.5. The third-order valence-corrected chi connectivity index (χ3v) is 7.34. The van der Waals surface area contributed by atoms with Crippen LogP contribution in [0.15, 0.2) is 6.20 Å². The molecular formula is C24H41N11O. The molecule has 5 rings (SSSR count). The molecule has 0 bridgehead atoms. The highest BCUT2D eigenvalue weighted by Crippen LogP contribution is 2.22. The second-order valence-corrected chi connectivity index (χ2v) is 10.0. The van der Waals surface area contributed by atoms with Crippen LogP contribution in [-0.4, -0.2) is 158 Å². The van der Waals surface area contributed by atoms with E-state index < -0.39 is 0 Å². The average molecular weight is 500 g/mol. The number of nitrogens with one attached hydrogen (secondary N) is 2. The summed E-state index contributed by atoms with van der Waals surface area (Å²) < 4.78 is 5.47. The van der Waals surface area contributed by atoms with Gasteiger partial charge in [-0.05, 0) is 14.1 Å². The lowest BCUT2D eigenvalue weighted by Crippen LogP contribution is -2.45. The summed E-state index contributed by atoms with van der Waals surface area (Å²) in [6.45, 7) is 15.4. The molecule has 0 unspecified atom stereocenters. The van der Waals surface area contributed by atoms with Gasteiger partial charge >= 0.3 is 0 Å². The first-order chi connectivity index (χ1) is 17.6. The van der Waals surface area contributed by atoms with E-state index in [2.05, 4.69) is 49.2 Å². The van der Waals surface area contributed by atoms with Crippen LogP contribution in [0.1, 0.15) is 0 Å². The van der Waals surface area contributed by atoms with E-state index in [4.69, 9.17) is 24.7 Å². The van der Waals surface area contributed by atoms with E-state index in [9.17, 15) is 0 Å². The second-order valence-electron chi connectivity index (χ2n) is 10.0. The summed E-state index contributed by atoms with van der Waals surface area (Å²) in [6, 6.07) is 0. The van der Waals surface area contributed by atoms with Crippen molar-refractivity contribution in [2.75, 3.05) is 134 Å². The molecule has 2 aromatic rings. The first kappa shape index (κ1) is 25.3.